The van der Waals surface area contributed by atoms with Gasteiger partial charge in [-0.15, -0.1) is 5.10 Å². The molecular formula is C24H27F3N6O. The fourth-order valence-electron chi connectivity index (χ4n) is 4.76. The molecule has 2 aliphatic heterocycles. The number of rotatable bonds is 5. The number of morpholine rings is 1. The summed E-state index contributed by atoms with van der Waals surface area (Å²) in [5.41, 5.74) is 1.87. The zero-order valence-electron chi connectivity index (χ0n) is 19.1. The molecule has 0 spiro atoms. The first kappa shape index (κ1) is 22.8. The number of aromatic nitrogens is 3. The molecule has 2 atom stereocenters. The maximum atomic E-state index is 14.7. The highest BCUT2D eigenvalue weighted by molar-refractivity contribution is 5.92. The second-order valence-electron chi connectivity index (χ2n) is 8.85. The summed E-state index contributed by atoms with van der Waals surface area (Å²) in [4.78, 5) is 9.40. The molecule has 10 heteroatoms. The van der Waals surface area contributed by atoms with Gasteiger partial charge in [-0.2, -0.15) is 5.10 Å². The Hall–Kier alpha value is -2.98. The van der Waals surface area contributed by atoms with Crippen LogP contribution in [0.25, 0.3) is 10.9 Å². The molecule has 4 heterocycles. The SMILES string of the molecule is Cc1nnc(NC(C)c2cccc(C(F)F)c2F)c2cc(N3CCN4CCOC[C@@H]4C3)cnc12. The molecule has 0 radical (unpaired) electrons. The van der Waals surface area contributed by atoms with Gasteiger partial charge in [0.05, 0.1) is 54.0 Å². The van der Waals surface area contributed by atoms with Crippen molar-refractivity contribution in [2.45, 2.75) is 32.4 Å². The molecule has 0 aliphatic carbocycles. The number of halogens is 3. The first-order valence-corrected chi connectivity index (χ1v) is 11.4. The quantitative estimate of drug-likeness (QED) is 0.600. The zero-order valence-corrected chi connectivity index (χ0v) is 19.1. The predicted molar refractivity (Wildman–Crippen MR) is 124 cm³/mol. The van der Waals surface area contributed by atoms with E-state index < -0.39 is 23.8 Å². The van der Waals surface area contributed by atoms with Gasteiger partial charge in [0.25, 0.3) is 6.43 Å². The van der Waals surface area contributed by atoms with E-state index in [1.807, 2.05) is 19.2 Å². The Bertz CT molecular complexity index is 1190. The lowest BCUT2D eigenvalue weighted by atomic mass is 10.0. The van der Waals surface area contributed by atoms with E-state index in [0.717, 1.165) is 56.5 Å². The van der Waals surface area contributed by atoms with Crippen LogP contribution in [0.5, 0.6) is 0 Å². The standard InChI is InChI=1S/C24H27F3N6O/c1-14(18-4-3-5-19(21(18)25)23(26)27)29-24-20-10-16(11-28-22(20)15(2)30-31-24)33-7-6-32-8-9-34-13-17(32)12-33/h3-5,10-11,14,17,23H,6-9,12-13H2,1-2H3,(H,29,31)/t14?,17-/m0/s1. The average molecular weight is 473 g/mol. The third-order valence-electron chi connectivity index (χ3n) is 6.69. The Morgan fingerprint density at radius 2 is 1.97 bits per heavy atom. The minimum absolute atomic E-state index is 0.144. The van der Waals surface area contributed by atoms with E-state index in [0.29, 0.717) is 23.1 Å². The summed E-state index contributed by atoms with van der Waals surface area (Å²) in [5.74, 6) is -0.475. The molecule has 0 saturated carbocycles. The van der Waals surface area contributed by atoms with Gasteiger partial charge in [-0.3, -0.25) is 9.88 Å². The smallest absolute Gasteiger partial charge is 0.266 e. The van der Waals surface area contributed by atoms with Crippen LogP contribution in [0.4, 0.5) is 24.7 Å². The molecule has 34 heavy (non-hydrogen) atoms. The highest BCUT2D eigenvalue weighted by Crippen LogP contribution is 2.32. The van der Waals surface area contributed by atoms with Crippen LogP contribution in [0, 0.1) is 12.7 Å². The molecule has 180 valence electrons. The molecular weight excluding hydrogens is 445 g/mol. The van der Waals surface area contributed by atoms with Crippen molar-refractivity contribution >= 4 is 22.4 Å². The summed E-state index contributed by atoms with van der Waals surface area (Å²) in [7, 11) is 0. The van der Waals surface area contributed by atoms with Crippen molar-refractivity contribution in [1.29, 1.82) is 0 Å². The number of alkyl halides is 2. The summed E-state index contributed by atoms with van der Waals surface area (Å²) >= 11 is 0. The molecule has 2 saturated heterocycles. The minimum Gasteiger partial charge on any atom is -0.378 e. The molecule has 2 aliphatic rings. The molecule has 0 amide bonds. The number of piperazine rings is 1. The second-order valence-corrected chi connectivity index (χ2v) is 8.85. The summed E-state index contributed by atoms with van der Waals surface area (Å²) in [6, 6.07) is 5.79. The molecule has 1 aromatic carbocycles. The molecule has 1 N–H and O–H groups in total. The fourth-order valence-corrected chi connectivity index (χ4v) is 4.76. The van der Waals surface area contributed by atoms with Crippen LogP contribution in [0.1, 0.15) is 36.2 Å². The Morgan fingerprint density at radius 3 is 2.79 bits per heavy atom. The molecule has 2 fully saturated rings. The number of aryl methyl sites for hydroxylation is 1. The molecule has 0 bridgehead atoms. The van der Waals surface area contributed by atoms with E-state index in [1.165, 1.54) is 12.1 Å². The topological polar surface area (TPSA) is 66.4 Å². The molecule has 7 nitrogen and oxygen atoms in total. The van der Waals surface area contributed by atoms with Gasteiger partial charge < -0.3 is 15.0 Å². The first-order chi connectivity index (χ1) is 16.4. The summed E-state index contributed by atoms with van der Waals surface area (Å²) in [5, 5.41) is 12.4. The van der Waals surface area contributed by atoms with Crippen LogP contribution < -0.4 is 10.2 Å². The van der Waals surface area contributed by atoms with Crippen LogP contribution in [0.3, 0.4) is 0 Å². The van der Waals surface area contributed by atoms with Gasteiger partial charge in [-0.1, -0.05) is 18.2 Å². The maximum absolute atomic E-state index is 14.7. The minimum atomic E-state index is -2.88. The first-order valence-electron chi connectivity index (χ1n) is 11.4. The van der Waals surface area contributed by atoms with Crippen LogP contribution in [-0.2, 0) is 4.74 Å². The van der Waals surface area contributed by atoms with Gasteiger partial charge in [0.15, 0.2) is 5.82 Å². The van der Waals surface area contributed by atoms with Crippen LogP contribution >= 0.6 is 0 Å². The van der Waals surface area contributed by atoms with Crippen molar-refractivity contribution in [3.05, 3.63) is 53.1 Å². The number of benzene rings is 1. The maximum Gasteiger partial charge on any atom is 0.266 e. The Labute approximate surface area is 195 Å². The predicted octanol–water partition coefficient (Wildman–Crippen LogP) is 4.10. The van der Waals surface area contributed by atoms with E-state index >= 15 is 0 Å². The summed E-state index contributed by atoms with van der Waals surface area (Å²) in [6.07, 6.45) is -1.04. The lowest BCUT2D eigenvalue weighted by molar-refractivity contribution is -0.0116. The van der Waals surface area contributed by atoms with E-state index in [4.69, 9.17) is 4.74 Å². The van der Waals surface area contributed by atoms with Crippen molar-refractivity contribution in [2.75, 3.05) is 49.6 Å². The lowest BCUT2D eigenvalue weighted by Gasteiger charge is -2.44. The van der Waals surface area contributed by atoms with Gasteiger partial charge in [0, 0.05) is 37.1 Å². The Kier molecular flexibility index (Phi) is 6.26. The monoisotopic (exact) mass is 472 g/mol. The number of nitrogens with one attached hydrogen (secondary N) is 1. The van der Waals surface area contributed by atoms with E-state index in [1.54, 1.807) is 6.92 Å². The Morgan fingerprint density at radius 1 is 1.15 bits per heavy atom. The molecule has 5 rings (SSSR count). The molecule has 2 aromatic heterocycles. The van der Waals surface area contributed by atoms with Crippen molar-refractivity contribution in [2.24, 2.45) is 0 Å². The zero-order chi connectivity index (χ0) is 23.8. The average Bonchev–Trinajstić information content (AvgIpc) is 2.85. The summed E-state index contributed by atoms with van der Waals surface area (Å²) < 4.78 is 46.7. The number of nitrogens with zero attached hydrogens (tertiary/aromatic N) is 5. The highest BCUT2D eigenvalue weighted by Gasteiger charge is 2.30. The van der Waals surface area contributed by atoms with E-state index in [2.05, 4.69) is 30.3 Å². The largest absolute Gasteiger partial charge is 0.378 e. The molecule has 1 unspecified atom stereocenters. The van der Waals surface area contributed by atoms with Gasteiger partial charge >= 0.3 is 0 Å². The van der Waals surface area contributed by atoms with Crippen molar-refractivity contribution in [3.63, 3.8) is 0 Å². The third kappa shape index (κ3) is 4.27. The van der Waals surface area contributed by atoms with Crippen LogP contribution in [0.2, 0.25) is 0 Å². The number of pyridine rings is 1. The third-order valence-corrected chi connectivity index (χ3v) is 6.69. The van der Waals surface area contributed by atoms with E-state index in [9.17, 15) is 13.2 Å². The van der Waals surface area contributed by atoms with E-state index in [-0.39, 0.29) is 5.56 Å². The number of fused-ring (bicyclic) bond motifs is 2. The van der Waals surface area contributed by atoms with Crippen molar-refractivity contribution in [1.82, 2.24) is 20.1 Å². The number of ether oxygens (including phenoxy) is 1. The fraction of sp³-hybridized carbons (Fsp3) is 0.458. The van der Waals surface area contributed by atoms with Crippen molar-refractivity contribution < 1.29 is 17.9 Å². The highest BCUT2D eigenvalue weighted by atomic mass is 19.3. The lowest BCUT2D eigenvalue weighted by Crippen LogP contribution is -2.58. The normalized spacial score (nSPS) is 19.9. The van der Waals surface area contributed by atoms with Crippen LogP contribution in [-0.4, -0.2) is 65.5 Å². The van der Waals surface area contributed by atoms with Gasteiger partial charge in [0.2, 0.25) is 0 Å². The van der Waals surface area contributed by atoms with Crippen molar-refractivity contribution in [3.8, 4) is 0 Å². The Balaban J connectivity index is 1.45. The number of hydrogen-bond acceptors (Lipinski definition) is 7. The number of anilines is 2. The van der Waals surface area contributed by atoms with Crippen LogP contribution in [0.15, 0.2) is 30.5 Å². The second kappa shape index (κ2) is 9.34. The number of hydrogen-bond donors (Lipinski definition) is 1. The molecule has 3 aromatic rings. The van der Waals surface area contributed by atoms with Gasteiger partial charge in [-0.25, -0.2) is 13.2 Å². The van der Waals surface area contributed by atoms with Gasteiger partial charge in [0.1, 0.15) is 5.82 Å². The van der Waals surface area contributed by atoms with Gasteiger partial charge in [-0.05, 0) is 19.9 Å². The summed E-state index contributed by atoms with van der Waals surface area (Å²) in [6.45, 7) is 8.68.